The van der Waals surface area contributed by atoms with Gasteiger partial charge in [-0.25, -0.2) is 18.4 Å². The van der Waals surface area contributed by atoms with E-state index in [1.54, 1.807) is 6.20 Å². The molecule has 3 saturated heterocycles. The molecular weight excluding hydrogens is 502 g/mol. The molecule has 0 spiro atoms. The first kappa shape index (κ1) is 25.2. The first-order valence-electron chi connectivity index (χ1n) is 13.4. The molecule has 3 aromatic rings. The molecule has 3 aliphatic heterocycles. The van der Waals surface area contributed by atoms with Crippen LogP contribution < -0.4 is 15.1 Å². The summed E-state index contributed by atoms with van der Waals surface area (Å²) in [7, 11) is -3.01. The predicted octanol–water partition coefficient (Wildman–Crippen LogP) is 3.38. The molecule has 0 amide bonds. The van der Waals surface area contributed by atoms with Gasteiger partial charge in [0.1, 0.15) is 21.5 Å². The van der Waals surface area contributed by atoms with E-state index in [0.717, 1.165) is 54.3 Å². The van der Waals surface area contributed by atoms with E-state index >= 15 is 0 Å². The standard InChI is InChI=1S/C27H35N7O3S/c1-16(2)26-20-9-25(31-24-5-7-28-27(32-24)33-8-6-18-13-37-14-23(18)33)29-10-21(20)22(11-30-26)34-12-19(17(34)3)15-38(4,35)36/h5,7,9-11,16-19,23H,6,8,12-15H2,1-4H3,(H,28,29,31,32)/t17-,18+,19-,23?/m1/s1. The summed E-state index contributed by atoms with van der Waals surface area (Å²) >= 11 is 0. The first-order chi connectivity index (χ1) is 18.2. The van der Waals surface area contributed by atoms with E-state index in [2.05, 4.69) is 40.9 Å². The van der Waals surface area contributed by atoms with Gasteiger partial charge in [0.25, 0.3) is 0 Å². The van der Waals surface area contributed by atoms with Crippen LogP contribution in [0.5, 0.6) is 0 Å². The highest BCUT2D eigenvalue weighted by molar-refractivity contribution is 7.90. The van der Waals surface area contributed by atoms with Gasteiger partial charge < -0.3 is 19.9 Å². The van der Waals surface area contributed by atoms with Crippen molar-refractivity contribution in [3.05, 3.63) is 36.4 Å². The van der Waals surface area contributed by atoms with Gasteiger partial charge in [-0.3, -0.25) is 4.98 Å². The molecule has 0 radical (unpaired) electrons. The summed E-state index contributed by atoms with van der Waals surface area (Å²) in [6.07, 6.45) is 8.00. The number of ether oxygens (including phenoxy) is 1. The molecular formula is C27H35N7O3S. The molecule has 0 aromatic carbocycles. The summed E-state index contributed by atoms with van der Waals surface area (Å²) in [5.41, 5.74) is 2.00. The third kappa shape index (κ3) is 4.66. The quantitative estimate of drug-likeness (QED) is 0.481. The molecule has 3 fully saturated rings. The summed E-state index contributed by atoms with van der Waals surface area (Å²) in [5, 5.41) is 5.43. The molecule has 6 rings (SSSR count). The van der Waals surface area contributed by atoms with Crippen molar-refractivity contribution >= 4 is 43.9 Å². The van der Waals surface area contributed by atoms with Crippen molar-refractivity contribution in [3.8, 4) is 0 Å². The fourth-order valence-corrected chi connectivity index (χ4v) is 7.26. The lowest BCUT2D eigenvalue weighted by Gasteiger charge is -2.48. The van der Waals surface area contributed by atoms with Gasteiger partial charge in [-0.2, -0.15) is 4.98 Å². The summed E-state index contributed by atoms with van der Waals surface area (Å²) < 4.78 is 29.3. The van der Waals surface area contributed by atoms with Crippen LogP contribution in [0.25, 0.3) is 10.8 Å². The van der Waals surface area contributed by atoms with Crippen LogP contribution in [-0.4, -0.2) is 78.7 Å². The molecule has 0 saturated carbocycles. The van der Waals surface area contributed by atoms with E-state index in [0.29, 0.717) is 30.1 Å². The Balaban J connectivity index is 1.28. The van der Waals surface area contributed by atoms with Crippen LogP contribution >= 0.6 is 0 Å². The second-order valence-electron chi connectivity index (χ2n) is 11.3. The highest BCUT2D eigenvalue weighted by atomic mass is 32.2. The van der Waals surface area contributed by atoms with Crippen molar-refractivity contribution in [3.63, 3.8) is 0 Å². The Kier molecular flexibility index (Phi) is 6.38. The fourth-order valence-electron chi connectivity index (χ4n) is 6.10. The van der Waals surface area contributed by atoms with Crippen molar-refractivity contribution in [1.29, 1.82) is 0 Å². The molecule has 11 heteroatoms. The molecule has 202 valence electrons. The normalized spacial score (nSPS) is 25.2. The van der Waals surface area contributed by atoms with E-state index < -0.39 is 9.84 Å². The zero-order valence-electron chi connectivity index (χ0n) is 22.3. The van der Waals surface area contributed by atoms with Gasteiger partial charge in [0.2, 0.25) is 5.95 Å². The SMILES string of the molecule is CC(C)c1ncc(N2C[C@H](CS(C)(=O)=O)[C@H]2C)c2cnc(Nc3ccnc(N4CC[C@H]5COCC54)n3)cc12. The second-order valence-corrected chi connectivity index (χ2v) is 13.4. The summed E-state index contributed by atoms with van der Waals surface area (Å²) in [6.45, 7) is 9.55. The Hall–Kier alpha value is -3.05. The van der Waals surface area contributed by atoms with Crippen molar-refractivity contribution in [1.82, 2.24) is 19.9 Å². The molecule has 3 aromatic heterocycles. The van der Waals surface area contributed by atoms with E-state index in [4.69, 9.17) is 19.7 Å². The third-order valence-electron chi connectivity index (χ3n) is 8.22. The largest absolute Gasteiger partial charge is 0.379 e. The van der Waals surface area contributed by atoms with Crippen molar-refractivity contribution in [2.75, 3.05) is 53.4 Å². The molecule has 4 atom stereocenters. The minimum Gasteiger partial charge on any atom is -0.379 e. The Morgan fingerprint density at radius 2 is 1.95 bits per heavy atom. The lowest BCUT2D eigenvalue weighted by Crippen LogP contribution is -2.57. The number of sulfone groups is 1. The van der Waals surface area contributed by atoms with Gasteiger partial charge in [0, 0.05) is 60.4 Å². The van der Waals surface area contributed by atoms with E-state index in [1.165, 1.54) is 6.26 Å². The van der Waals surface area contributed by atoms with Crippen molar-refractivity contribution < 1.29 is 13.2 Å². The first-order valence-corrected chi connectivity index (χ1v) is 15.4. The third-order valence-corrected chi connectivity index (χ3v) is 9.26. The molecule has 1 unspecified atom stereocenters. The average Bonchev–Trinajstić information content (AvgIpc) is 3.49. The number of fused-ring (bicyclic) bond motifs is 2. The Labute approximate surface area is 223 Å². The molecule has 0 bridgehead atoms. The van der Waals surface area contributed by atoms with Crippen LogP contribution in [-0.2, 0) is 14.6 Å². The molecule has 10 nitrogen and oxygen atoms in total. The number of aromatic nitrogens is 4. The van der Waals surface area contributed by atoms with E-state index in [-0.39, 0.29) is 23.6 Å². The maximum absolute atomic E-state index is 11.8. The monoisotopic (exact) mass is 537 g/mol. The highest BCUT2D eigenvalue weighted by Gasteiger charge is 2.40. The lowest BCUT2D eigenvalue weighted by atomic mass is 9.90. The van der Waals surface area contributed by atoms with Gasteiger partial charge in [0.15, 0.2) is 0 Å². The number of anilines is 4. The Morgan fingerprint density at radius 3 is 2.71 bits per heavy atom. The van der Waals surface area contributed by atoms with E-state index in [1.807, 2.05) is 24.5 Å². The lowest BCUT2D eigenvalue weighted by molar-refractivity contribution is 0.179. The zero-order chi connectivity index (χ0) is 26.6. The second kappa shape index (κ2) is 9.60. The van der Waals surface area contributed by atoms with Crippen molar-refractivity contribution in [2.24, 2.45) is 11.8 Å². The van der Waals surface area contributed by atoms with Gasteiger partial charge >= 0.3 is 0 Å². The summed E-state index contributed by atoms with van der Waals surface area (Å²) in [4.78, 5) is 23.4. The van der Waals surface area contributed by atoms with Crippen LogP contribution in [0, 0.1) is 11.8 Å². The van der Waals surface area contributed by atoms with Gasteiger partial charge in [-0.15, -0.1) is 0 Å². The average molecular weight is 538 g/mol. The number of nitrogens with zero attached hydrogens (tertiary/aromatic N) is 6. The van der Waals surface area contributed by atoms with Crippen LogP contribution in [0.4, 0.5) is 23.3 Å². The Bertz CT molecular complexity index is 1460. The van der Waals surface area contributed by atoms with Gasteiger partial charge in [0.05, 0.1) is 42.6 Å². The molecule has 3 aliphatic rings. The summed E-state index contributed by atoms with van der Waals surface area (Å²) in [6, 6.07) is 4.36. The molecule has 0 aliphatic carbocycles. The summed E-state index contributed by atoms with van der Waals surface area (Å²) in [5.74, 6) is 3.22. The molecule has 38 heavy (non-hydrogen) atoms. The molecule has 6 heterocycles. The van der Waals surface area contributed by atoms with Crippen LogP contribution in [0.1, 0.15) is 38.8 Å². The number of hydrogen-bond donors (Lipinski definition) is 1. The van der Waals surface area contributed by atoms with Gasteiger partial charge in [-0.1, -0.05) is 13.8 Å². The van der Waals surface area contributed by atoms with Crippen LogP contribution in [0.15, 0.2) is 30.7 Å². The number of pyridine rings is 2. The number of rotatable bonds is 7. The van der Waals surface area contributed by atoms with Crippen LogP contribution in [0.2, 0.25) is 0 Å². The topological polar surface area (TPSA) is 113 Å². The maximum Gasteiger partial charge on any atom is 0.227 e. The Morgan fingerprint density at radius 1 is 1.11 bits per heavy atom. The van der Waals surface area contributed by atoms with Crippen molar-refractivity contribution in [2.45, 2.75) is 45.2 Å². The smallest absolute Gasteiger partial charge is 0.227 e. The number of nitrogens with one attached hydrogen (secondary N) is 1. The fraction of sp³-hybridized carbons (Fsp3) is 0.556. The minimum absolute atomic E-state index is 0.118. The number of hydrogen-bond acceptors (Lipinski definition) is 10. The predicted molar refractivity (Wildman–Crippen MR) is 149 cm³/mol. The van der Waals surface area contributed by atoms with Gasteiger partial charge in [-0.05, 0) is 31.4 Å². The van der Waals surface area contributed by atoms with Crippen LogP contribution in [0.3, 0.4) is 0 Å². The molecule has 1 N–H and O–H groups in total. The minimum atomic E-state index is -3.01. The maximum atomic E-state index is 11.8. The highest BCUT2D eigenvalue weighted by Crippen LogP contribution is 2.39. The van der Waals surface area contributed by atoms with E-state index in [9.17, 15) is 8.42 Å². The zero-order valence-corrected chi connectivity index (χ0v) is 23.1.